The van der Waals surface area contributed by atoms with Gasteiger partial charge in [-0.25, -0.2) is 0 Å². The van der Waals surface area contributed by atoms with Crippen LogP contribution in [0, 0.1) is 29.1 Å². The molecular weight excluding hydrogens is 378 g/mol. The van der Waals surface area contributed by atoms with E-state index in [1.54, 1.807) is 0 Å². The van der Waals surface area contributed by atoms with Gasteiger partial charge in [-0.1, -0.05) is 44.1 Å². The van der Waals surface area contributed by atoms with Crippen molar-refractivity contribution in [2.45, 2.75) is 78.9 Å². The van der Waals surface area contributed by atoms with Crippen LogP contribution in [0.1, 0.15) is 66.7 Å². The Morgan fingerprint density at radius 2 is 1.87 bits per heavy atom. The van der Waals surface area contributed by atoms with Crippen molar-refractivity contribution in [1.29, 1.82) is 0 Å². The highest BCUT2D eigenvalue weighted by molar-refractivity contribution is 6.00. The largest absolute Gasteiger partial charge is 0.385 e. The summed E-state index contributed by atoms with van der Waals surface area (Å²) in [5.41, 5.74) is 0.966. The number of nitrogens with one attached hydrogen (secondary N) is 1. The summed E-state index contributed by atoms with van der Waals surface area (Å²) in [6, 6.07) is 0.00527. The molecule has 0 aromatic carbocycles. The lowest BCUT2D eigenvalue weighted by molar-refractivity contribution is -0.144. The molecule has 2 N–H and O–H groups in total. The predicted octanol–water partition coefficient (Wildman–Crippen LogP) is 3.65. The molecule has 30 heavy (non-hydrogen) atoms. The van der Waals surface area contributed by atoms with Gasteiger partial charge in [-0.2, -0.15) is 0 Å². The fourth-order valence-corrected chi connectivity index (χ4v) is 5.43. The molecule has 2 rings (SSSR count). The zero-order valence-corrected chi connectivity index (χ0v) is 19.4. The Morgan fingerprint density at radius 3 is 2.43 bits per heavy atom. The second-order valence-electron chi connectivity index (χ2n) is 9.78. The molecule has 0 aromatic heterocycles. The summed E-state index contributed by atoms with van der Waals surface area (Å²) in [7, 11) is 1.90. The first-order valence-corrected chi connectivity index (χ1v) is 11.3. The molecule has 0 radical (unpaired) electrons. The Morgan fingerprint density at radius 1 is 1.20 bits per heavy atom. The Labute approximate surface area is 181 Å². The predicted molar refractivity (Wildman–Crippen MR) is 119 cm³/mol. The number of aldehydes is 1. The summed E-state index contributed by atoms with van der Waals surface area (Å²) in [5.74, 6) is -0.441. The van der Waals surface area contributed by atoms with E-state index >= 15 is 0 Å². The molecule has 0 aliphatic heterocycles. The Balaban J connectivity index is 2.69. The normalized spacial score (nSPS) is 34.5. The summed E-state index contributed by atoms with van der Waals surface area (Å²) in [6.45, 7) is 10.4. The first kappa shape index (κ1) is 24.7. The van der Waals surface area contributed by atoms with Crippen molar-refractivity contribution in [3.8, 4) is 0 Å². The van der Waals surface area contributed by atoms with Gasteiger partial charge in [0.15, 0.2) is 5.78 Å². The maximum atomic E-state index is 13.7. The number of hydrogen-bond donors (Lipinski definition) is 2. The second-order valence-corrected chi connectivity index (χ2v) is 9.78. The molecule has 6 atom stereocenters. The fourth-order valence-electron chi connectivity index (χ4n) is 5.43. The monoisotopic (exact) mass is 417 g/mol. The van der Waals surface area contributed by atoms with Gasteiger partial charge >= 0.3 is 0 Å². The topological polar surface area (TPSA) is 83.5 Å². The number of aliphatic hydroxyl groups excluding tert-OH is 1. The zero-order valence-electron chi connectivity index (χ0n) is 19.4. The van der Waals surface area contributed by atoms with Crippen molar-refractivity contribution in [2.24, 2.45) is 29.1 Å². The first-order valence-electron chi connectivity index (χ1n) is 11.3. The van der Waals surface area contributed by atoms with E-state index in [2.05, 4.69) is 39.1 Å². The molecule has 2 aliphatic rings. The maximum Gasteiger partial charge on any atom is 0.161 e. The van der Waals surface area contributed by atoms with Crippen LogP contribution in [0.4, 0.5) is 0 Å². The molecule has 2 aliphatic carbocycles. The fraction of sp³-hybridized carbons (Fsp3) is 0.720. The lowest BCUT2D eigenvalue weighted by Gasteiger charge is -2.50. The van der Waals surface area contributed by atoms with Gasteiger partial charge in [-0.05, 0) is 52.0 Å². The van der Waals surface area contributed by atoms with Crippen molar-refractivity contribution in [1.82, 2.24) is 5.32 Å². The number of allylic oxidation sites excluding steroid dienone is 4. The molecule has 0 amide bonds. The molecule has 5 nitrogen and oxygen atoms in total. The Bertz CT molecular complexity index is 723. The van der Waals surface area contributed by atoms with E-state index in [-0.39, 0.29) is 54.6 Å². The molecule has 168 valence electrons. The average molecular weight is 418 g/mol. The molecule has 0 heterocycles. The summed E-state index contributed by atoms with van der Waals surface area (Å²) >= 11 is 0. The van der Waals surface area contributed by atoms with Gasteiger partial charge < -0.3 is 15.2 Å². The molecule has 0 saturated carbocycles. The summed E-state index contributed by atoms with van der Waals surface area (Å²) in [5, 5.41) is 13.7. The number of hydrogen-bond acceptors (Lipinski definition) is 5. The highest BCUT2D eigenvalue weighted by Gasteiger charge is 2.56. The smallest absolute Gasteiger partial charge is 0.161 e. The van der Waals surface area contributed by atoms with Crippen LogP contribution >= 0.6 is 0 Å². The first-order chi connectivity index (χ1) is 14.1. The minimum Gasteiger partial charge on any atom is -0.385 e. The molecular formula is C25H39NO4. The average Bonchev–Trinajstić information content (AvgIpc) is 2.71. The third-order valence-electron chi connectivity index (χ3n) is 7.26. The third-order valence-corrected chi connectivity index (χ3v) is 7.26. The van der Waals surface area contributed by atoms with E-state index in [0.717, 1.165) is 18.3 Å². The van der Waals surface area contributed by atoms with Gasteiger partial charge in [0, 0.05) is 30.7 Å². The summed E-state index contributed by atoms with van der Waals surface area (Å²) in [6.07, 6.45) is 5.59. The van der Waals surface area contributed by atoms with Gasteiger partial charge in [-0.15, -0.1) is 0 Å². The van der Waals surface area contributed by atoms with Crippen LogP contribution in [0.5, 0.6) is 0 Å². The minimum absolute atomic E-state index is 0.00527. The van der Waals surface area contributed by atoms with Crippen LogP contribution in [0.2, 0.25) is 0 Å². The number of rotatable bonds is 5. The minimum atomic E-state index is -1.20. The van der Waals surface area contributed by atoms with E-state index in [1.807, 2.05) is 20.0 Å². The number of aliphatic hydroxyl groups is 1. The molecule has 6 unspecified atom stereocenters. The lowest BCUT2D eigenvalue weighted by Crippen LogP contribution is -2.57. The van der Waals surface area contributed by atoms with Gasteiger partial charge in [-0.3, -0.25) is 9.59 Å². The van der Waals surface area contributed by atoms with Crippen LogP contribution in [-0.2, 0) is 14.4 Å². The number of carbonyl (C=O) groups is 3. The SMILES string of the molecule is CNC(CC(C)C)C1C(C)C(C)=CC2C=C(C)CCC(=O)C(O)CCC(=O)C21C=O. The van der Waals surface area contributed by atoms with Crippen molar-refractivity contribution in [3.63, 3.8) is 0 Å². The van der Waals surface area contributed by atoms with Crippen LogP contribution < -0.4 is 5.32 Å². The standard InChI is InChI=1S/C25H39NO4/c1-15(2)11-20(26-6)24-18(5)17(4)13-19-12-16(3)7-8-21(28)22(29)9-10-23(30)25(19,24)14-27/h12-15,18-20,22,24,26,29H,7-11H2,1-6H3. The van der Waals surface area contributed by atoms with Crippen LogP contribution in [0.15, 0.2) is 23.3 Å². The van der Waals surface area contributed by atoms with Crippen molar-refractivity contribution in [3.05, 3.63) is 23.3 Å². The molecule has 0 saturated heterocycles. The van der Waals surface area contributed by atoms with Crippen LogP contribution in [-0.4, -0.2) is 42.2 Å². The van der Waals surface area contributed by atoms with Crippen LogP contribution in [0.3, 0.4) is 0 Å². The third kappa shape index (κ3) is 4.83. The summed E-state index contributed by atoms with van der Waals surface area (Å²) in [4.78, 5) is 38.8. The number of carbonyl (C=O) groups excluding carboxylic acids is 3. The number of Topliss-reactive ketones (excluding diaryl/α,β-unsaturated/α-hetero) is 2. The number of fused-ring (bicyclic) bond motifs is 1. The van der Waals surface area contributed by atoms with E-state index < -0.39 is 11.5 Å². The molecule has 0 spiro atoms. The van der Waals surface area contributed by atoms with Gasteiger partial charge in [0.2, 0.25) is 0 Å². The van der Waals surface area contributed by atoms with Crippen molar-refractivity contribution in [2.75, 3.05) is 7.05 Å². The zero-order chi connectivity index (χ0) is 22.6. The number of ketones is 2. The Kier molecular flexibility index (Phi) is 8.35. The second kappa shape index (κ2) is 10.1. The van der Waals surface area contributed by atoms with E-state index in [0.29, 0.717) is 12.3 Å². The van der Waals surface area contributed by atoms with Gasteiger partial charge in [0.1, 0.15) is 18.2 Å². The summed E-state index contributed by atoms with van der Waals surface area (Å²) < 4.78 is 0. The van der Waals surface area contributed by atoms with Crippen LogP contribution in [0.25, 0.3) is 0 Å². The highest BCUT2D eigenvalue weighted by atomic mass is 16.3. The van der Waals surface area contributed by atoms with Gasteiger partial charge in [0.25, 0.3) is 0 Å². The van der Waals surface area contributed by atoms with Crippen molar-refractivity contribution >= 4 is 17.9 Å². The van der Waals surface area contributed by atoms with E-state index in [9.17, 15) is 19.5 Å². The quantitative estimate of drug-likeness (QED) is 0.405. The molecule has 0 fully saturated rings. The van der Waals surface area contributed by atoms with Gasteiger partial charge in [0.05, 0.1) is 5.41 Å². The lowest BCUT2D eigenvalue weighted by atomic mass is 9.53. The highest BCUT2D eigenvalue weighted by Crippen LogP contribution is 2.51. The Hall–Kier alpha value is -1.59. The van der Waals surface area contributed by atoms with E-state index in [4.69, 9.17) is 0 Å². The molecule has 0 bridgehead atoms. The van der Waals surface area contributed by atoms with Crippen molar-refractivity contribution < 1.29 is 19.5 Å². The maximum absolute atomic E-state index is 13.7. The van der Waals surface area contributed by atoms with E-state index in [1.165, 1.54) is 5.57 Å². The molecule has 5 heteroatoms. The molecule has 0 aromatic rings.